The van der Waals surface area contributed by atoms with Crippen LogP contribution in [0.4, 0.5) is 17.3 Å². The molecule has 0 saturated carbocycles. The van der Waals surface area contributed by atoms with Gasteiger partial charge in [0.2, 0.25) is 0 Å². The highest BCUT2D eigenvalue weighted by molar-refractivity contribution is 6.11. The van der Waals surface area contributed by atoms with E-state index in [9.17, 15) is 4.79 Å². The van der Waals surface area contributed by atoms with Crippen molar-refractivity contribution in [2.24, 2.45) is 0 Å². The number of rotatable bonds is 0. The molecule has 0 radical (unpaired) electrons. The summed E-state index contributed by atoms with van der Waals surface area (Å²) in [5, 5.41) is 0.426. The van der Waals surface area contributed by atoms with Crippen LogP contribution < -0.4 is 10.2 Å². The molecular weight excluding hydrogens is 228 g/mol. The summed E-state index contributed by atoms with van der Waals surface area (Å²) >= 11 is 0. The number of hydrogen-bond donors (Lipinski definition) is 1. The van der Waals surface area contributed by atoms with Crippen molar-refractivity contribution in [1.82, 2.24) is 9.97 Å². The number of aromatic nitrogens is 2. The molecule has 0 aliphatic carbocycles. The van der Waals surface area contributed by atoms with E-state index >= 15 is 0 Å². The topological polar surface area (TPSA) is 58.1 Å². The van der Waals surface area contributed by atoms with E-state index in [1.807, 2.05) is 0 Å². The van der Waals surface area contributed by atoms with Gasteiger partial charge in [0.15, 0.2) is 7.23 Å². The van der Waals surface area contributed by atoms with Gasteiger partial charge in [0.05, 0.1) is 14.0 Å². The average molecular weight is 246 g/mol. The lowest BCUT2D eigenvalue weighted by atomic mass is 10.2. The summed E-state index contributed by atoms with van der Waals surface area (Å²) in [6.45, 7) is -2.70. The molecule has 5 heteroatoms. The van der Waals surface area contributed by atoms with Crippen molar-refractivity contribution in [3.05, 3.63) is 41.7 Å². The standard InChI is InChI=1S/C13H12N4O/c1-8-5-7-15-12-10(8)16-13(18)9-4-3-6-14-11(9)17(12)2/h3-7H,1-2H3,(H,16,18)/i1D3,5D,6D/hD. The Morgan fingerprint density at radius 1 is 1.50 bits per heavy atom. The average Bonchev–Trinajstić information content (AvgIpc) is 2.57. The molecule has 1 aliphatic heterocycles. The second-order valence-electron chi connectivity index (χ2n) is 3.74. The highest BCUT2D eigenvalue weighted by Crippen LogP contribution is 2.35. The van der Waals surface area contributed by atoms with Gasteiger partial charge in [-0.3, -0.25) is 4.79 Å². The van der Waals surface area contributed by atoms with E-state index in [0.717, 1.165) is 6.20 Å². The molecule has 0 aromatic carbocycles. The fourth-order valence-corrected chi connectivity index (χ4v) is 1.79. The van der Waals surface area contributed by atoms with E-state index in [0.29, 0.717) is 5.31 Å². The summed E-state index contributed by atoms with van der Waals surface area (Å²) in [5.74, 6) is -0.691. The molecule has 2 aromatic heterocycles. The third-order valence-corrected chi connectivity index (χ3v) is 2.66. The maximum atomic E-state index is 12.6. The van der Waals surface area contributed by atoms with Crippen molar-refractivity contribution in [2.75, 3.05) is 17.3 Å². The number of carbonyl (C=O) groups is 1. The molecule has 5 nitrogen and oxygen atoms in total. The zero-order valence-electron chi connectivity index (χ0n) is 15.4. The van der Waals surface area contributed by atoms with Gasteiger partial charge in [-0.25, -0.2) is 9.97 Å². The number of amides is 1. The maximum absolute atomic E-state index is 12.6. The van der Waals surface area contributed by atoms with Crippen molar-refractivity contribution in [1.29, 1.82) is 0 Å². The number of fused-ring (bicyclic) bond motifs is 2. The molecule has 1 aliphatic rings. The number of nitrogens with zero attached hydrogens (tertiary/aromatic N) is 3. The first-order chi connectivity index (χ1) is 11.1. The monoisotopic (exact) mass is 246 g/mol. The Morgan fingerprint density at radius 2 is 2.39 bits per heavy atom. The van der Waals surface area contributed by atoms with Crippen LogP contribution in [-0.2, 0) is 0 Å². The Hall–Kier alpha value is -2.43. The molecule has 0 bridgehead atoms. The second kappa shape index (κ2) is 3.80. The molecule has 1 N–H and O–H groups in total. The van der Waals surface area contributed by atoms with E-state index < -0.39 is 18.3 Å². The van der Waals surface area contributed by atoms with E-state index in [2.05, 4.69) is 9.97 Å². The summed E-state index contributed by atoms with van der Waals surface area (Å²) < 4.78 is 46.5. The lowest BCUT2D eigenvalue weighted by Gasteiger charge is -2.18. The molecule has 2 aromatic rings. The van der Waals surface area contributed by atoms with Crippen LogP contribution in [0.1, 0.15) is 22.8 Å². The summed E-state index contributed by atoms with van der Waals surface area (Å²) in [7, 11) is 1.51. The minimum absolute atomic E-state index is 0.0114. The van der Waals surface area contributed by atoms with Crippen LogP contribution in [0.15, 0.2) is 30.5 Å². The minimum Gasteiger partial charge on any atom is -0.318 e. The lowest BCUT2D eigenvalue weighted by molar-refractivity contribution is 0.102. The first-order valence-electron chi connectivity index (χ1n) is 8.12. The molecule has 1 amide bonds. The number of anilines is 3. The molecule has 90 valence electrons. The lowest BCUT2D eigenvalue weighted by Crippen LogP contribution is -2.14. The number of carbonyl (C=O) groups excluding carboxylic acids is 1. The number of pyridine rings is 2. The van der Waals surface area contributed by atoms with Crippen LogP contribution in [0, 0.1) is 6.85 Å². The van der Waals surface area contributed by atoms with E-state index in [-0.39, 0.29) is 35.1 Å². The first kappa shape index (κ1) is 5.95. The van der Waals surface area contributed by atoms with Crippen molar-refractivity contribution in [3.8, 4) is 0 Å². The zero-order valence-corrected chi connectivity index (χ0v) is 9.43. The van der Waals surface area contributed by atoms with Gasteiger partial charge in [0, 0.05) is 23.5 Å². The van der Waals surface area contributed by atoms with Crippen molar-refractivity contribution in [2.45, 2.75) is 6.85 Å². The van der Waals surface area contributed by atoms with Gasteiger partial charge in [0.1, 0.15) is 5.82 Å². The molecule has 18 heavy (non-hydrogen) atoms. The Balaban J connectivity index is 2.38. The SMILES string of the molecule is [2H]c1ccc2c(n1)N(C)c1ncc([2H])c(C([2H])([2H])[2H])c1N([2H])C2=O. The minimum atomic E-state index is -2.70. The number of nitrogens with one attached hydrogen (secondary N) is 1. The predicted octanol–water partition coefficient (Wildman–Crippen LogP) is 2.12. The molecule has 0 unspecified atom stereocenters. The molecule has 3 rings (SSSR count). The summed E-state index contributed by atoms with van der Waals surface area (Å²) in [6.07, 6.45) is 0.979. The Labute approximate surface area is 113 Å². The van der Waals surface area contributed by atoms with Gasteiger partial charge in [-0.15, -0.1) is 0 Å². The van der Waals surface area contributed by atoms with Gasteiger partial charge in [0.25, 0.3) is 5.91 Å². The normalized spacial score (nSPS) is 19.5. The second-order valence-corrected chi connectivity index (χ2v) is 3.74. The molecular formula is C13H12N4O. The van der Waals surface area contributed by atoms with Crippen LogP contribution in [0.3, 0.4) is 0 Å². The third-order valence-electron chi connectivity index (χ3n) is 2.66. The smallest absolute Gasteiger partial charge is 0.259 e. The fraction of sp³-hybridized carbons (Fsp3) is 0.154. The van der Waals surface area contributed by atoms with Crippen LogP contribution in [-0.4, -0.2) is 22.9 Å². The fourth-order valence-electron chi connectivity index (χ4n) is 1.79. The largest absolute Gasteiger partial charge is 0.318 e. The van der Waals surface area contributed by atoms with Gasteiger partial charge in [-0.1, -0.05) is 0 Å². The van der Waals surface area contributed by atoms with Crippen molar-refractivity contribution in [3.63, 3.8) is 0 Å². The van der Waals surface area contributed by atoms with Crippen molar-refractivity contribution < 1.29 is 13.1 Å². The summed E-state index contributed by atoms with van der Waals surface area (Å²) in [6, 6.07) is 2.28. The summed E-state index contributed by atoms with van der Waals surface area (Å²) in [5.41, 5.74) is -0.661. The van der Waals surface area contributed by atoms with E-state index in [1.165, 1.54) is 24.1 Å². The van der Waals surface area contributed by atoms with Gasteiger partial charge in [-0.05, 0) is 30.6 Å². The van der Waals surface area contributed by atoms with Crippen LogP contribution >= 0.6 is 0 Å². The molecule has 0 fully saturated rings. The highest BCUT2D eigenvalue weighted by atomic mass is 16.1. The Kier molecular flexibility index (Phi) is 1.26. The van der Waals surface area contributed by atoms with E-state index in [1.54, 1.807) is 0 Å². The van der Waals surface area contributed by atoms with Crippen LogP contribution in [0.25, 0.3) is 0 Å². The zero-order chi connectivity index (χ0) is 17.8. The Bertz CT molecular complexity index is 853. The number of hydrogen-bond acceptors (Lipinski definition) is 4. The quantitative estimate of drug-likeness (QED) is 0.773. The van der Waals surface area contributed by atoms with Crippen LogP contribution in [0.5, 0.6) is 0 Å². The first-order valence-corrected chi connectivity index (χ1v) is 5.17. The molecule has 0 spiro atoms. The third kappa shape index (κ3) is 1.44. The van der Waals surface area contributed by atoms with Gasteiger partial charge in [-0.2, -0.15) is 0 Å². The molecule has 0 saturated heterocycles. The van der Waals surface area contributed by atoms with Gasteiger partial charge >= 0.3 is 0 Å². The maximum Gasteiger partial charge on any atom is 0.259 e. The molecule has 0 atom stereocenters. The van der Waals surface area contributed by atoms with Crippen LogP contribution in [0.2, 0.25) is 1.41 Å². The van der Waals surface area contributed by atoms with E-state index in [4.69, 9.17) is 8.27 Å². The van der Waals surface area contributed by atoms with Gasteiger partial charge < -0.3 is 10.2 Å². The predicted molar refractivity (Wildman–Crippen MR) is 69.2 cm³/mol. The Morgan fingerprint density at radius 3 is 3.22 bits per heavy atom. The van der Waals surface area contributed by atoms with Crippen molar-refractivity contribution >= 4 is 23.2 Å². The molecule has 3 heterocycles. The summed E-state index contributed by atoms with van der Waals surface area (Å²) in [4.78, 5) is 21.9. The highest BCUT2D eigenvalue weighted by Gasteiger charge is 2.25.